The largest absolute Gasteiger partial charge is 0.166 e. The standard InChI is InChI=1S/C9H9IN2/c1-7-5-3-4-6-8(7)9(10)12-11-2/h3-6H,2H2,1H3/b12-9+. The van der Waals surface area contributed by atoms with Crippen LogP contribution in [0, 0.1) is 6.92 Å². The van der Waals surface area contributed by atoms with Crippen molar-refractivity contribution in [3.05, 3.63) is 35.4 Å². The lowest BCUT2D eigenvalue weighted by Gasteiger charge is -2.00. The van der Waals surface area contributed by atoms with Crippen LogP contribution < -0.4 is 0 Å². The van der Waals surface area contributed by atoms with Crippen molar-refractivity contribution in [2.45, 2.75) is 6.92 Å². The lowest BCUT2D eigenvalue weighted by Crippen LogP contribution is -1.92. The number of hydrogen-bond donors (Lipinski definition) is 0. The zero-order chi connectivity index (χ0) is 8.97. The molecule has 0 spiro atoms. The third-order valence-electron chi connectivity index (χ3n) is 1.53. The van der Waals surface area contributed by atoms with Crippen molar-refractivity contribution < 1.29 is 0 Å². The summed E-state index contributed by atoms with van der Waals surface area (Å²) < 4.78 is 0.876. The molecule has 0 saturated carbocycles. The maximum atomic E-state index is 3.87. The van der Waals surface area contributed by atoms with Crippen molar-refractivity contribution in [2.75, 3.05) is 0 Å². The molecule has 0 unspecified atom stereocenters. The van der Waals surface area contributed by atoms with Crippen LogP contribution in [0.25, 0.3) is 0 Å². The topological polar surface area (TPSA) is 24.7 Å². The molecular weight excluding hydrogens is 263 g/mol. The number of nitrogens with zero attached hydrogens (tertiary/aromatic N) is 2. The zero-order valence-corrected chi connectivity index (χ0v) is 8.95. The van der Waals surface area contributed by atoms with Gasteiger partial charge < -0.3 is 0 Å². The molecule has 1 aromatic rings. The second-order valence-corrected chi connectivity index (χ2v) is 3.37. The highest BCUT2D eigenvalue weighted by molar-refractivity contribution is 14.1. The van der Waals surface area contributed by atoms with Gasteiger partial charge in [0.05, 0.1) is 0 Å². The minimum absolute atomic E-state index is 0.876. The number of hydrogen-bond acceptors (Lipinski definition) is 2. The third-order valence-corrected chi connectivity index (χ3v) is 2.32. The minimum Gasteiger partial charge on any atom is -0.166 e. The molecule has 0 atom stereocenters. The summed E-state index contributed by atoms with van der Waals surface area (Å²) in [5, 5.41) is 7.36. The number of benzene rings is 1. The lowest BCUT2D eigenvalue weighted by atomic mass is 10.1. The molecule has 3 heteroatoms. The van der Waals surface area contributed by atoms with Crippen molar-refractivity contribution in [1.29, 1.82) is 0 Å². The van der Waals surface area contributed by atoms with E-state index in [0.29, 0.717) is 0 Å². The monoisotopic (exact) mass is 272 g/mol. The molecule has 0 aliphatic heterocycles. The smallest absolute Gasteiger partial charge is 0.131 e. The van der Waals surface area contributed by atoms with Crippen LogP contribution in [0.4, 0.5) is 0 Å². The normalized spacial score (nSPS) is 11.3. The van der Waals surface area contributed by atoms with Gasteiger partial charge in [0.15, 0.2) is 0 Å². The predicted molar refractivity (Wildman–Crippen MR) is 61.3 cm³/mol. The molecule has 2 nitrogen and oxygen atoms in total. The Hall–Kier alpha value is -0.710. The molecule has 0 bridgehead atoms. The van der Waals surface area contributed by atoms with Crippen molar-refractivity contribution in [3.8, 4) is 0 Å². The molecule has 0 saturated heterocycles. The Morgan fingerprint density at radius 2 is 2.08 bits per heavy atom. The first-order valence-corrected chi connectivity index (χ1v) is 4.58. The highest BCUT2D eigenvalue weighted by Gasteiger charge is 2.00. The molecule has 62 valence electrons. The van der Waals surface area contributed by atoms with Crippen LogP contribution in [-0.2, 0) is 0 Å². The van der Waals surface area contributed by atoms with Crippen molar-refractivity contribution >= 4 is 33.0 Å². The van der Waals surface area contributed by atoms with Crippen molar-refractivity contribution in [1.82, 2.24) is 0 Å². The Balaban J connectivity index is 3.10. The molecule has 0 heterocycles. The first kappa shape index (κ1) is 9.38. The highest BCUT2D eigenvalue weighted by Crippen LogP contribution is 2.12. The summed E-state index contributed by atoms with van der Waals surface area (Å²) in [6, 6.07) is 8.06. The van der Waals surface area contributed by atoms with E-state index < -0.39 is 0 Å². The summed E-state index contributed by atoms with van der Waals surface area (Å²) >= 11 is 2.15. The molecule has 0 aliphatic rings. The Morgan fingerprint density at radius 3 is 2.67 bits per heavy atom. The molecule has 0 fully saturated rings. The maximum absolute atomic E-state index is 3.87. The molecule has 0 aromatic heterocycles. The highest BCUT2D eigenvalue weighted by atomic mass is 127. The van der Waals surface area contributed by atoms with Crippen LogP contribution in [0.1, 0.15) is 11.1 Å². The molecule has 1 aromatic carbocycles. The SMILES string of the molecule is C=N/N=C(/I)c1ccccc1C. The first-order valence-electron chi connectivity index (χ1n) is 3.51. The Labute approximate surface area is 85.5 Å². The van der Waals surface area contributed by atoms with Gasteiger partial charge in [0.2, 0.25) is 0 Å². The number of halogens is 1. The average Bonchev–Trinajstić information content (AvgIpc) is 2.05. The van der Waals surface area contributed by atoms with Gasteiger partial charge in [-0.25, -0.2) is 0 Å². The minimum atomic E-state index is 0.876. The van der Waals surface area contributed by atoms with E-state index in [2.05, 4.69) is 39.5 Å². The van der Waals surface area contributed by atoms with E-state index in [9.17, 15) is 0 Å². The molecule has 0 amide bonds. The van der Waals surface area contributed by atoms with Crippen LogP contribution in [0.15, 0.2) is 34.5 Å². The average molecular weight is 272 g/mol. The summed E-state index contributed by atoms with van der Waals surface area (Å²) in [5.41, 5.74) is 2.32. The molecule has 0 aliphatic carbocycles. The fourth-order valence-corrected chi connectivity index (χ4v) is 1.68. The zero-order valence-electron chi connectivity index (χ0n) is 6.79. The van der Waals surface area contributed by atoms with Crippen molar-refractivity contribution in [3.63, 3.8) is 0 Å². The molecule has 0 N–H and O–H groups in total. The van der Waals surface area contributed by atoms with E-state index in [1.54, 1.807) is 0 Å². The summed E-state index contributed by atoms with van der Waals surface area (Å²) in [6.45, 7) is 5.36. The van der Waals surface area contributed by atoms with Gasteiger partial charge in [-0.2, -0.15) is 5.10 Å². The fourth-order valence-electron chi connectivity index (χ4n) is 0.920. The maximum Gasteiger partial charge on any atom is 0.131 e. The van der Waals surface area contributed by atoms with E-state index in [1.807, 2.05) is 31.2 Å². The summed E-state index contributed by atoms with van der Waals surface area (Å²) in [6.07, 6.45) is 0. The third kappa shape index (κ3) is 2.14. The second-order valence-electron chi connectivity index (χ2n) is 2.35. The summed E-state index contributed by atoms with van der Waals surface area (Å²) in [7, 11) is 0. The van der Waals surface area contributed by atoms with E-state index in [0.717, 1.165) is 9.28 Å². The Bertz CT molecular complexity index is 318. The first-order chi connectivity index (χ1) is 5.75. The van der Waals surface area contributed by atoms with E-state index in [1.165, 1.54) is 5.56 Å². The fraction of sp³-hybridized carbons (Fsp3) is 0.111. The number of aryl methyl sites for hydroxylation is 1. The summed E-state index contributed by atoms with van der Waals surface area (Å²) in [5.74, 6) is 0. The Morgan fingerprint density at radius 1 is 1.42 bits per heavy atom. The van der Waals surface area contributed by atoms with Gasteiger partial charge in [-0.1, -0.05) is 24.3 Å². The van der Waals surface area contributed by atoms with Gasteiger partial charge >= 0.3 is 0 Å². The summed E-state index contributed by atoms with van der Waals surface area (Å²) in [4.78, 5) is 0. The van der Waals surface area contributed by atoms with Crippen LogP contribution in [0.2, 0.25) is 0 Å². The van der Waals surface area contributed by atoms with Crippen LogP contribution in [0.5, 0.6) is 0 Å². The molecule has 0 radical (unpaired) electrons. The number of rotatable bonds is 2. The van der Waals surface area contributed by atoms with Crippen LogP contribution in [0.3, 0.4) is 0 Å². The van der Waals surface area contributed by atoms with Gasteiger partial charge in [0.25, 0.3) is 0 Å². The van der Waals surface area contributed by atoms with E-state index in [-0.39, 0.29) is 0 Å². The lowest BCUT2D eigenvalue weighted by molar-refractivity contribution is 1.27. The van der Waals surface area contributed by atoms with E-state index in [4.69, 9.17) is 0 Å². The van der Waals surface area contributed by atoms with Gasteiger partial charge in [-0.3, -0.25) is 0 Å². The van der Waals surface area contributed by atoms with E-state index >= 15 is 0 Å². The van der Waals surface area contributed by atoms with Gasteiger partial charge in [0, 0.05) is 12.3 Å². The van der Waals surface area contributed by atoms with Crippen LogP contribution in [-0.4, -0.2) is 10.4 Å². The Kier molecular flexibility index (Phi) is 3.40. The van der Waals surface area contributed by atoms with Crippen LogP contribution >= 0.6 is 22.6 Å². The molecule has 12 heavy (non-hydrogen) atoms. The molecule has 1 rings (SSSR count). The van der Waals surface area contributed by atoms with Gasteiger partial charge in [-0.05, 0) is 35.1 Å². The quantitative estimate of drug-likeness (QED) is 0.449. The van der Waals surface area contributed by atoms with Gasteiger partial charge in [0.1, 0.15) is 3.72 Å². The second kappa shape index (κ2) is 4.35. The molecular formula is C9H9IN2. The predicted octanol–water partition coefficient (Wildman–Crippen LogP) is 2.79. The van der Waals surface area contributed by atoms with Gasteiger partial charge in [-0.15, -0.1) is 5.10 Å². The van der Waals surface area contributed by atoms with Crippen molar-refractivity contribution in [2.24, 2.45) is 10.2 Å².